The van der Waals surface area contributed by atoms with Crippen molar-refractivity contribution in [3.63, 3.8) is 0 Å². The van der Waals surface area contributed by atoms with Crippen LogP contribution in [-0.2, 0) is 6.54 Å². The molecule has 1 heterocycles. The smallest absolute Gasteiger partial charge is 0.214 e. The Balaban J connectivity index is 2.78. The minimum atomic E-state index is -0.208. The molecule has 3 nitrogen and oxygen atoms in total. The van der Waals surface area contributed by atoms with Crippen molar-refractivity contribution in [3.05, 3.63) is 23.9 Å². The molecule has 0 amide bonds. The standard InChI is InChI=1S/C10H16N2O/c1-10(2,3)13-9-6-8(7-11)4-5-12-9/h4-6H,7,11H2,1-3H3. The first kappa shape index (κ1) is 9.99. The molecule has 2 N–H and O–H groups in total. The van der Waals surface area contributed by atoms with Gasteiger partial charge in [0.2, 0.25) is 5.88 Å². The van der Waals surface area contributed by atoms with Crippen molar-refractivity contribution in [1.82, 2.24) is 4.98 Å². The van der Waals surface area contributed by atoms with Crippen LogP contribution in [0.4, 0.5) is 0 Å². The number of aromatic nitrogens is 1. The Morgan fingerprint density at radius 3 is 2.69 bits per heavy atom. The molecule has 1 aromatic heterocycles. The third-order valence-corrected chi connectivity index (χ3v) is 1.45. The number of pyridine rings is 1. The summed E-state index contributed by atoms with van der Waals surface area (Å²) < 4.78 is 5.58. The summed E-state index contributed by atoms with van der Waals surface area (Å²) in [5.74, 6) is 0.635. The van der Waals surface area contributed by atoms with E-state index in [0.29, 0.717) is 12.4 Å². The lowest BCUT2D eigenvalue weighted by Gasteiger charge is -2.20. The van der Waals surface area contributed by atoms with Crippen LogP contribution in [0.1, 0.15) is 26.3 Å². The van der Waals surface area contributed by atoms with E-state index in [0.717, 1.165) is 5.56 Å². The second-order valence-electron chi connectivity index (χ2n) is 3.92. The van der Waals surface area contributed by atoms with Gasteiger partial charge in [0.15, 0.2) is 0 Å². The molecule has 3 heteroatoms. The van der Waals surface area contributed by atoms with Crippen LogP contribution in [0.2, 0.25) is 0 Å². The normalized spacial score (nSPS) is 11.4. The molecule has 1 aromatic rings. The van der Waals surface area contributed by atoms with Gasteiger partial charge in [-0.05, 0) is 32.4 Å². The van der Waals surface area contributed by atoms with Crippen LogP contribution in [0, 0.1) is 0 Å². The summed E-state index contributed by atoms with van der Waals surface area (Å²) in [4.78, 5) is 4.09. The molecule has 0 saturated heterocycles. The Kier molecular flexibility index (Phi) is 2.88. The Morgan fingerprint density at radius 1 is 1.46 bits per heavy atom. The van der Waals surface area contributed by atoms with Crippen molar-refractivity contribution in [2.24, 2.45) is 5.73 Å². The summed E-state index contributed by atoms with van der Waals surface area (Å²) in [5.41, 5.74) is 6.33. The first-order valence-electron chi connectivity index (χ1n) is 4.35. The van der Waals surface area contributed by atoms with E-state index < -0.39 is 0 Å². The zero-order valence-corrected chi connectivity index (χ0v) is 8.37. The third-order valence-electron chi connectivity index (χ3n) is 1.45. The average Bonchev–Trinajstić information content (AvgIpc) is 2.01. The molecular weight excluding hydrogens is 164 g/mol. The summed E-state index contributed by atoms with van der Waals surface area (Å²) in [6, 6.07) is 3.75. The molecule has 0 spiro atoms. The maximum atomic E-state index is 5.58. The van der Waals surface area contributed by atoms with Gasteiger partial charge >= 0.3 is 0 Å². The van der Waals surface area contributed by atoms with E-state index in [1.54, 1.807) is 6.20 Å². The Bertz CT molecular complexity index is 278. The second kappa shape index (κ2) is 3.75. The topological polar surface area (TPSA) is 48.1 Å². The first-order valence-corrected chi connectivity index (χ1v) is 4.35. The summed E-state index contributed by atoms with van der Waals surface area (Å²) in [7, 11) is 0. The molecule has 0 unspecified atom stereocenters. The fourth-order valence-electron chi connectivity index (χ4n) is 0.947. The van der Waals surface area contributed by atoms with Crippen molar-refractivity contribution in [2.75, 3.05) is 0 Å². The van der Waals surface area contributed by atoms with Gasteiger partial charge in [-0.25, -0.2) is 4.98 Å². The van der Waals surface area contributed by atoms with Gasteiger partial charge in [0.05, 0.1) is 0 Å². The van der Waals surface area contributed by atoms with E-state index in [4.69, 9.17) is 10.5 Å². The molecule has 0 saturated carbocycles. The predicted octanol–water partition coefficient (Wildman–Crippen LogP) is 1.72. The zero-order chi connectivity index (χ0) is 9.90. The van der Waals surface area contributed by atoms with E-state index >= 15 is 0 Å². The lowest BCUT2D eigenvalue weighted by Crippen LogP contribution is -2.23. The minimum Gasteiger partial charge on any atom is -0.472 e. The van der Waals surface area contributed by atoms with Gasteiger partial charge in [0.1, 0.15) is 5.60 Å². The van der Waals surface area contributed by atoms with Crippen molar-refractivity contribution >= 4 is 0 Å². The van der Waals surface area contributed by atoms with Gasteiger partial charge in [-0.1, -0.05) is 0 Å². The molecule has 0 fully saturated rings. The fourth-order valence-corrected chi connectivity index (χ4v) is 0.947. The number of rotatable bonds is 2. The highest BCUT2D eigenvalue weighted by Gasteiger charge is 2.12. The Morgan fingerprint density at radius 2 is 2.15 bits per heavy atom. The largest absolute Gasteiger partial charge is 0.472 e. The van der Waals surface area contributed by atoms with Crippen molar-refractivity contribution in [2.45, 2.75) is 32.9 Å². The molecule has 72 valence electrons. The molecule has 0 aliphatic carbocycles. The summed E-state index contributed by atoms with van der Waals surface area (Å²) in [6.45, 7) is 6.49. The van der Waals surface area contributed by atoms with E-state index in [1.807, 2.05) is 32.9 Å². The molecule has 0 aliphatic rings. The van der Waals surface area contributed by atoms with Gasteiger partial charge in [0, 0.05) is 18.8 Å². The summed E-state index contributed by atoms with van der Waals surface area (Å²) in [6.07, 6.45) is 1.71. The van der Waals surface area contributed by atoms with Crippen LogP contribution >= 0.6 is 0 Å². The third kappa shape index (κ3) is 3.42. The van der Waals surface area contributed by atoms with Crippen LogP contribution in [0.15, 0.2) is 18.3 Å². The van der Waals surface area contributed by atoms with Crippen molar-refractivity contribution < 1.29 is 4.74 Å². The lowest BCUT2D eigenvalue weighted by molar-refractivity contribution is 0.124. The molecule has 0 aliphatic heterocycles. The van der Waals surface area contributed by atoms with E-state index in [9.17, 15) is 0 Å². The van der Waals surface area contributed by atoms with Crippen molar-refractivity contribution in [1.29, 1.82) is 0 Å². The Labute approximate surface area is 78.9 Å². The number of nitrogens with zero attached hydrogens (tertiary/aromatic N) is 1. The second-order valence-corrected chi connectivity index (χ2v) is 3.92. The fraction of sp³-hybridized carbons (Fsp3) is 0.500. The number of ether oxygens (including phenoxy) is 1. The number of hydrogen-bond donors (Lipinski definition) is 1. The van der Waals surface area contributed by atoms with E-state index in [1.165, 1.54) is 0 Å². The SMILES string of the molecule is CC(C)(C)Oc1cc(CN)ccn1. The van der Waals surface area contributed by atoms with Crippen LogP contribution in [-0.4, -0.2) is 10.6 Å². The monoisotopic (exact) mass is 180 g/mol. The van der Waals surface area contributed by atoms with Gasteiger partial charge in [0.25, 0.3) is 0 Å². The highest BCUT2D eigenvalue weighted by atomic mass is 16.5. The highest BCUT2D eigenvalue weighted by molar-refractivity contribution is 5.20. The maximum absolute atomic E-state index is 5.58. The summed E-state index contributed by atoms with van der Waals surface area (Å²) in [5, 5.41) is 0. The number of nitrogens with two attached hydrogens (primary N) is 1. The van der Waals surface area contributed by atoms with Crippen LogP contribution in [0.25, 0.3) is 0 Å². The molecule has 1 rings (SSSR count). The average molecular weight is 180 g/mol. The molecule has 13 heavy (non-hydrogen) atoms. The maximum Gasteiger partial charge on any atom is 0.214 e. The van der Waals surface area contributed by atoms with E-state index in [2.05, 4.69) is 4.98 Å². The molecule has 0 aromatic carbocycles. The van der Waals surface area contributed by atoms with Gasteiger partial charge in [-0.3, -0.25) is 0 Å². The lowest BCUT2D eigenvalue weighted by atomic mass is 10.2. The molecule has 0 radical (unpaired) electrons. The quantitative estimate of drug-likeness (QED) is 0.753. The Hall–Kier alpha value is -1.09. The van der Waals surface area contributed by atoms with Crippen LogP contribution in [0.5, 0.6) is 5.88 Å². The molecule has 0 atom stereocenters. The molecular formula is C10H16N2O. The van der Waals surface area contributed by atoms with E-state index in [-0.39, 0.29) is 5.60 Å². The predicted molar refractivity (Wildman–Crippen MR) is 52.5 cm³/mol. The first-order chi connectivity index (χ1) is 6.01. The molecule has 0 bridgehead atoms. The van der Waals surface area contributed by atoms with Gasteiger partial charge < -0.3 is 10.5 Å². The highest BCUT2D eigenvalue weighted by Crippen LogP contribution is 2.15. The van der Waals surface area contributed by atoms with Gasteiger partial charge in [-0.15, -0.1) is 0 Å². The van der Waals surface area contributed by atoms with Crippen molar-refractivity contribution in [3.8, 4) is 5.88 Å². The number of hydrogen-bond acceptors (Lipinski definition) is 3. The van der Waals surface area contributed by atoms with Crippen LogP contribution in [0.3, 0.4) is 0 Å². The van der Waals surface area contributed by atoms with Crippen LogP contribution < -0.4 is 10.5 Å². The zero-order valence-electron chi connectivity index (χ0n) is 8.37. The van der Waals surface area contributed by atoms with Gasteiger partial charge in [-0.2, -0.15) is 0 Å². The summed E-state index contributed by atoms with van der Waals surface area (Å²) >= 11 is 0. The minimum absolute atomic E-state index is 0.208.